The first-order chi connectivity index (χ1) is 12.5. The SMILES string of the molecule is C=C1CCCC/C1=C/C=C1\CCCC2(C)C(C/C=C/CC(C)C)CCC12. The summed E-state index contributed by atoms with van der Waals surface area (Å²) in [4.78, 5) is 0. The van der Waals surface area contributed by atoms with E-state index in [0.29, 0.717) is 5.41 Å². The molecule has 3 aliphatic carbocycles. The maximum absolute atomic E-state index is 4.30. The van der Waals surface area contributed by atoms with E-state index < -0.39 is 0 Å². The molecule has 3 saturated carbocycles. The van der Waals surface area contributed by atoms with Gasteiger partial charge in [-0.15, -0.1) is 0 Å². The largest absolute Gasteiger partial charge is 0.0956 e. The molecule has 3 atom stereocenters. The Morgan fingerprint density at radius 3 is 2.62 bits per heavy atom. The molecule has 0 aromatic rings. The van der Waals surface area contributed by atoms with Crippen molar-refractivity contribution < 1.29 is 0 Å². The first kappa shape index (κ1) is 19.7. The van der Waals surface area contributed by atoms with Crippen molar-refractivity contribution in [3.05, 3.63) is 47.6 Å². The molecule has 0 spiro atoms. The fraction of sp³-hybridized carbons (Fsp3) is 0.692. The zero-order valence-corrected chi connectivity index (χ0v) is 17.5. The molecule has 0 N–H and O–H groups in total. The summed E-state index contributed by atoms with van der Waals surface area (Å²) < 4.78 is 0. The first-order valence-corrected chi connectivity index (χ1v) is 11.2. The molecule has 3 rings (SSSR count). The van der Waals surface area contributed by atoms with E-state index in [1.807, 2.05) is 0 Å². The van der Waals surface area contributed by atoms with Crippen molar-refractivity contribution in [2.75, 3.05) is 0 Å². The van der Waals surface area contributed by atoms with Crippen LogP contribution in [-0.4, -0.2) is 0 Å². The van der Waals surface area contributed by atoms with E-state index in [4.69, 9.17) is 0 Å². The Labute approximate surface area is 162 Å². The van der Waals surface area contributed by atoms with Gasteiger partial charge in [0.25, 0.3) is 0 Å². The van der Waals surface area contributed by atoms with Crippen LogP contribution in [0.4, 0.5) is 0 Å². The molecular weight excluding hydrogens is 312 g/mol. The second-order valence-electron chi connectivity index (χ2n) is 9.77. The van der Waals surface area contributed by atoms with Crippen molar-refractivity contribution in [1.29, 1.82) is 0 Å². The highest BCUT2D eigenvalue weighted by Crippen LogP contribution is 2.58. The predicted octanol–water partition coefficient (Wildman–Crippen LogP) is 8.18. The lowest BCUT2D eigenvalue weighted by Gasteiger charge is -2.42. The summed E-state index contributed by atoms with van der Waals surface area (Å²) in [5.74, 6) is 2.50. The minimum Gasteiger partial charge on any atom is -0.0956 e. The van der Waals surface area contributed by atoms with Gasteiger partial charge in [-0.2, -0.15) is 0 Å². The molecule has 0 aliphatic heterocycles. The highest BCUT2D eigenvalue weighted by Gasteiger charge is 2.48. The second-order valence-corrected chi connectivity index (χ2v) is 9.77. The number of fused-ring (bicyclic) bond motifs is 1. The van der Waals surface area contributed by atoms with Crippen LogP contribution in [0, 0.1) is 23.2 Å². The third-order valence-electron chi connectivity index (χ3n) is 7.48. The average molecular weight is 353 g/mol. The van der Waals surface area contributed by atoms with Crippen LogP contribution in [0.15, 0.2) is 47.6 Å². The van der Waals surface area contributed by atoms with Gasteiger partial charge in [-0.1, -0.05) is 62.8 Å². The lowest BCUT2D eigenvalue weighted by molar-refractivity contribution is 0.137. The van der Waals surface area contributed by atoms with Crippen LogP contribution in [-0.2, 0) is 0 Å². The van der Waals surface area contributed by atoms with E-state index in [0.717, 1.165) is 17.8 Å². The van der Waals surface area contributed by atoms with Gasteiger partial charge in [-0.05, 0) is 99.4 Å². The maximum atomic E-state index is 4.30. The molecule has 144 valence electrons. The minimum atomic E-state index is 0.536. The number of allylic oxidation sites excluding steroid dienone is 7. The van der Waals surface area contributed by atoms with E-state index in [9.17, 15) is 0 Å². The third-order valence-corrected chi connectivity index (χ3v) is 7.48. The summed E-state index contributed by atoms with van der Waals surface area (Å²) in [6.45, 7) is 11.5. The number of rotatable bonds is 5. The van der Waals surface area contributed by atoms with Crippen molar-refractivity contribution in [3.63, 3.8) is 0 Å². The molecular formula is C26H40. The summed E-state index contributed by atoms with van der Waals surface area (Å²) in [7, 11) is 0. The van der Waals surface area contributed by atoms with Crippen molar-refractivity contribution in [2.24, 2.45) is 23.2 Å². The molecule has 0 nitrogen and oxygen atoms in total. The van der Waals surface area contributed by atoms with Crippen molar-refractivity contribution in [3.8, 4) is 0 Å². The van der Waals surface area contributed by atoms with E-state index in [1.54, 1.807) is 5.57 Å². The Balaban J connectivity index is 1.68. The van der Waals surface area contributed by atoms with Gasteiger partial charge in [0.15, 0.2) is 0 Å². The van der Waals surface area contributed by atoms with Crippen LogP contribution in [0.3, 0.4) is 0 Å². The molecule has 0 amide bonds. The van der Waals surface area contributed by atoms with Gasteiger partial charge in [-0.3, -0.25) is 0 Å². The topological polar surface area (TPSA) is 0 Å². The zero-order valence-electron chi connectivity index (χ0n) is 17.5. The summed E-state index contributed by atoms with van der Waals surface area (Å²) in [5, 5.41) is 0. The second kappa shape index (κ2) is 8.77. The monoisotopic (exact) mass is 352 g/mol. The molecule has 3 fully saturated rings. The fourth-order valence-electron chi connectivity index (χ4n) is 5.76. The van der Waals surface area contributed by atoms with Crippen LogP contribution in [0.25, 0.3) is 0 Å². The average Bonchev–Trinajstić information content (AvgIpc) is 2.95. The zero-order chi connectivity index (χ0) is 18.6. The van der Waals surface area contributed by atoms with Gasteiger partial charge in [-0.25, -0.2) is 0 Å². The number of hydrogen-bond acceptors (Lipinski definition) is 0. The highest BCUT2D eigenvalue weighted by atomic mass is 14.5. The standard InChI is InChI=1S/C26H40/c1-20(2)10-5-8-14-24-17-18-25-23(13-9-19-26(24,25)4)16-15-22-12-7-6-11-21(22)3/h5,8,15-16,20,24-25H,3,6-7,9-14,17-19H2,1-2,4H3/b8-5+,22-15-,23-16+. The predicted molar refractivity (Wildman–Crippen MR) is 115 cm³/mol. The van der Waals surface area contributed by atoms with Gasteiger partial charge in [0.2, 0.25) is 0 Å². The van der Waals surface area contributed by atoms with Gasteiger partial charge >= 0.3 is 0 Å². The van der Waals surface area contributed by atoms with Gasteiger partial charge in [0.05, 0.1) is 0 Å². The molecule has 0 aromatic heterocycles. The summed E-state index contributed by atoms with van der Waals surface area (Å²) in [5.41, 5.74) is 5.21. The van der Waals surface area contributed by atoms with Crippen LogP contribution in [0.2, 0.25) is 0 Å². The van der Waals surface area contributed by atoms with Crippen LogP contribution < -0.4 is 0 Å². The quantitative estimate of drug-likeness (QED) is 0.437. The van der Waals surface area contributed by atoms with Crippen LogP contribution in [0.1, 0.15) is 91.4 Å². The minimum absolute atomic E-state index is 0.536. The number of hydrogen-bond donors (Lipinski definition) is 0. The van der Waals surface area contributed by atoms with E-state index in [2.05, 4.69) is 51.7 Å². The Morgan fingerprint density at radius 1 is 1.04 bits per heavy atom. The van der Waals surface area contributed by atoms with E-state index in [1.165, 1.54) is 81.8 Å². The Morgan fingerprint density at radius 2 is 1.85 bits per heavy atom. The van der Waals surface area contributed by atoms with Crippen molar-refractivity contribution in [2.45, 2.75) is 91.4 Å². The third kappa shape index (κ3) is 4.44. The van der Waals surface area contributed by atoms with Crippen LogP contribution in [0.5, 0.6) is 0 Å². The molecule has 0 saturated heterocycles. The summed E-state index contributed by atoms with van der Waals surface area (Å²) in [6, 6.07) is 0. The Hall–Kier alpha value is -1.04. The molecule has 0 heteroatoms. The Bertz CT molecular complexity index is 585. The van der Waals surface area contributed by atoms with Crippen LogP contribution >= 0.6 is 0 Å². The first-order valence-electron chi connectivity index (χ1n) is 11.2. The van der Waals surface area contributed by atoms with E-state index in [-0.39, 0.29) is 0 Å². The smallest absolute Gasteiger partial charge is 0.0143 e. The van der Waals surface area contributed by atoms with Gasteiger partial charge in [0.1, 0.15) is 0 Å². The molecule has 3 aliphatic rings. The lowest BCUT2D eigenvalue weighted by Crippen LogP contribution is -2.33. The molecule has 3 unspecified atom stereocenters. The molecule has 0 aromatic carbocycles. The van der Waals surface area contributed by atoms with Gasteiger partial charge in [0, 0.05) is 0 Å². The lowest BCUT2D eigenvalue weighted by atomic mass is 9.63. The Kier molecular flexibility index (Phi) is 6.65. The molecule has 0 bridgehead atoms. The molecule has 0 heterocycles. The fourth-order valence-corrected chi connectivity index (χ4v) is 5.76. The van der Waals surface area contributed by atoms with Crippen molar-refractivity contribution >= 4 is 0 Å². The maximum Gasteiger partial charge on any atom is -0.0143 e. The molecule has 0 radical (unpaired) electrons. The highest BCUT2D eigenvalue weighted by molar-refractivity contribution is 5.35. The van der Waals surface area contributed by atoms with Gasteiger partial charge < -0.3 is 0 Å². The summed E-state index contributed by atoms with van der Waals surface area (Å²) in [6.07, 6.45) is 24.5. The van der Waals surface area contributed by atoms with E-state index >= 15 is 0 Å². The summed E-state index contributed by atoms with van der Waals surface area (Å²) >= 11 is 0. The molecule has 26 heavy (non-hydrogen) atoms. The normalized spacial score (nSPS) is 35.8. The van der Waals surface area contributed by atoms with Crippen molar-refractivity contribution in [1.82, 2.24) is 0 Å².